The number of carboxylic acid groups (broad SMARTS) is 1. The Hall–Kier alpha value is -4.00. The minimum Gasteiger partial charge on any atom is -0.481 e. The maximum atomic E-state index is 13.4. The number of hydrogen-bond acceptors (Lipinski definition) is 3. The van der Waals surface area contributed by atoms with E-state index >= 15 is 0 Å². The predicted molar refractivity (Wildman–Crippen MR) is 126 cm³/mol. The molecule has 2 N–H and O–H groups in total. The zero-order valence-corrected chi connectivity index (χ0v) is 19.0. The van der Waals surface area contributed by atoms with E-state index in [1.807, 2.05) is 12.1 Å². The summed E-state index contributed by atoms with van der Waals surface area (Å²) in [6.07, 6.45) is 8.63. The molecule has 3 aromatic rings. The second-order valence-electron chi connectivity index (χ2n) is 7.83. The summed E-state index contributed by atoms with van der Waals surface area (Å²) in [4.78, 5) is 11.3. The van der Waals surface area contributed by atoms with Crippen LogP contribution in [0.5, 0.6) is 0 Å². The van der Waals surface area contributed by atoms with E-state index in [0.717, 1.165) is 12.1 Å². The summed E-state index contributed by atoms with van der Waals surface area (Å²) < 4.78 is 55.8. The molecule has 178 valence electrons. The van der Waals surface area contributed by atoms with E-state index in [1.165, 1.54) is 0 Å². The first kappa shape index (κ1) is 24.1. The fraction of sp³-hybridized carbons (Fsp3) is 0.115. The van der Waals surface area contributed by atoms with Crippen LogP contribution in [0.4, 0.5) is 8.78 Å². The van der Waals surface area contributed by atoms with Gasteiger partial charge < -0.3 is 9.67 Å². The molecule has 2 atom stereocenters. The van der Waals surface area contributed by atoms with Crippen LogP contribution in [0.1, 0.15) is 17.2 Å². The fourth-order valence-electron chi connectivity index (χ4n) is 3.74. The number of nitrogens with one attached hydrogen (secondary N) is 1. The average molecular weight is 495 g/mol. The Bertz CT molecular complexity index is 1460. The number of carbonyl (C=O) groups is 1. The molecule has 0 spiro atoms. The van der Waals surface area contributed by atoms with Gasteiger partial charge in [-0.3, -0.25) is 4.79 Å². The molecule has 2 unspecified atom stereocenters. The fourth-order valence-corrected chi connectivity index (χ4v) is 4.80. The van der Waals surface area contributed by atoms with Gasteiger partial charge in [-0.05, 0) is 48.0 Å². The van der Waals surface area contributed by atoms with Crippen molar-refractivity contribution in [1.82, 2.24) is 9.29 Å². The number of carboxylic acids is 1. The van der Waals surface area contributed by atoms with Crippen LogP contribution in [0.3, 0.4) is 0 Å². The van der Waals surface area contributed by atoms with Crippen molar-refractivity contribution in [2.24, 2.45) is 5.92 Å². The van der Waals surface area contributed by atoms with E-state index in [4.69, 9.17) is 0 Å². The molecule has 1 aromatic heterocycles. The molecular formula is C26H20F2N2O4S. The van der Waals surface area contributed by atoms with Crippen molar-refractivity contribution >= 4 is 16.0 Å². The molecule has 6 nitrogen and oxygen atoms in total. The highest BCUT2D eigenvalue weighted by Gasteiger charge is 2.31. The van der Waals surface area contributed by atoms with E-state index in [1.54, 1.807) is 59.5 Å². The lowest BCUT2D eigenvalue weighted by Crippen LogP contribution is -2.27. The number of allylic oxidation sites excluding steroid dienone is 3. The Kier molecular flexibility index (Phi) is 6.96. The Morgan fingerprint density at radius 2 is 1.74 bits per heavy atom. The van der Waals surface area contributed by atoms with Crippen molar-refractivity contribution in [3.63, 3.8) is 0 Å². The molecule has 0 bridgehead atoms. The van der Waals surface area contributed by atoms with Gasteiger partial charge in [0.05, 0.1) is 10.9 Å². The van der Waals surface area contributed by atoms with E-state index < -0.39 is 44.5 Å². The Morgan fingerprint density at radius 3 is 2.43 bits per heavy atom. The van der Waals surface area contributed by atoms with Crippen LogP contribution in [0.25, 0.3) is 0 Å². The zero-order chi connectivity index (χ0) is 25.0. The average Bonchev–Trinajstić information content (AvgIpc) is 3.35. The van der Waals surface area contributed by atoms with Gasteiger partial charge >= 0.3 is 5.97 Å². The number of hydrogen-bond donors (Lipinski definition) is 2. The molecular weight excluding hydrogens is 474 g/mol. The lowest BCUT2D eigenvalue weighted by molar-refractivity contribution is -0.141. The summed E-state index contributed by atoms with van der Waals surface area (Å²) in [5.41, 5.74) is 1.79. The van der Waals surface area contributed by atoms with Gasteiger partial charge in [0.1, 0.15) is 17.6 Å². The molecule has 1 heterocycles. The summed E-state index contributed by atoms with van der Waals surface area (Å²) in [6.45, 7) is -0.117. The number of sulfonamides is 1. The number of halogens is 2. The van der Waals surface area contributed by atoms with Gasteiger partial charge in [-0.15, -0.1) is 0 Å². The highest BCUT2D eigenvalue weighted by molar-refractivity contribution is 7.89. The monoisotopic (exact) mass is 494 g/mol. The summed E-state index contributed by atoms with van der Waals surface area (Å²) in [7, 11) is -4.13. The van der Waals surface area contributed by atoms with Crippen molar-refractivity contribution in [2.75, 3.05) is 0 Å². The maximum absolute atomic E-state index is 13.4. The van der Waals surface area contributed by atoms with Gasteiger partial charge in [-0.1, -0.05) is 36.1 Å². The number of rotatable bonds is 6. The molecule has 1 aliphatic carbocycles. The molecule has 0 aliphatic heterocycles. The van der Waals surface area contributed by atoms with Crippen LogP contribution >= 0.6 is 0 Å². The predicted octanol–water partition coefficient (Wildman–Crippen LogP) is 4.03. The van der Waals surface area contributed by atoms with Crippen molar-refractivity contribution in [2.45, 2.75) is 17.5 Å². The number of aromatic nitrogens is 1. The standard InChI is InChI=1S/C26H20F2N2O4S/c27-21-14-22(28)16-23(15-21)35(33,34)29-17-19-6-3-5-18(13-19)9-10-20-7-4-8-24(26(31)32)25(20)30-11-1-2-12-30/h1-8,11-16,24-25,29H,17H2,(H,31,32). The molecule has 9 heteroatoms. The first-order valence-corrected chi connectivity index (χ1v) is 12.0. The topological polar surface area (TPSA) is 88.4 Å². The van der Waals surface area contributed by atoms with E-state index in [-0.39, 0.29) is 6.54 Å². The van der Waals surface area contributed by atoms with Crippen LogP contribution in [-0.4, -0.2) is 24.1 Å². The van der Waals surface area contributed by atoms with Crippen LogP contribution < -0.4 is 4.72 Å². The van der Waals surface area contributed by atoms with Crippen LogP contribution in [0.15, 0.2) is 95.7 Å². The van der Waals surface area contributed by atoms with Gasteiger partial charge in [0.15, 0.2) is 0 Å². The molecule has 0 amide bonds. The smallest absolute Gasteiger partial charge is 0.312 e. The summed E-state index contributed by atoms with van der Waals surface area (Å²) in [5, 5.41) is 9.65. The molecule has 0 saturated heterocycles. The summed E-state index contributed by atoms with van der Waals surface area (Å²) >= 11 is 0. The van der Waals surface area contributed by atoms with Crippen molar-refractivity contribution in [3.8, 4) is 11.8 Å². The van der Waals surface area contributed by atoms with E-state index in [0.29, 0.717) is 22.8 Å². The highest BCUT2D eigenvalue weighted by atomic mass is 32.2. The minimum absolute atomic E-state index is 0.117. The Labute approximate surface area is 201 Å². The molecule has 0 fully saturated rings. The SMILES string of the molecule is O=C(O)C1C=CC=C(C#Cc2cccc(CNS(=O)(=O)c3cc(F)cc(F)c3)c2)C1n1cccc1. The minimum atomic E-state index is -4.13. The molecule has 1 aliphatic rings. The largest absolute Gasteiger partial charge is 0.481 e. The highest BCUT2D eigenvalue weighted by Crippen LogP contribution is 2.31. The second-order valence-corrected chi connectivity index (χ2v) is 9.59. The van der Waals surface area contributed by atoms with Crippen molar-refractivity contribution in [3.05, 3.63) is 114 Å². The first-order valence-electron chi connectivity index (χ1n) is 10.5. The number of aliphatic carboxylic acids is 1. The third-order valence-corrected chi connectivity index (χ3v) is 6.76. The van der Waals surface area contributed by atoms with Crippen molar-refractivity contribution in [1.29, 1.82) is 0 Å². The van der Waals surface area contributed by atoms with Crippen molar-refractivity contribution < 1.29 is 27.1 Å². The van der Waals surface area contributed by atoms with Gasteiger partial charge in [0.2, 0.25) is 10.0 Å². The third kappa shape index (κ3) is 5.74. The molecule has 4 rings (SSSR count). The molecule has 35 heavy (non-hydrogen) atoms. The maximum Gasteiger partial charge on any atom is 0.312 e. The van der Waals surface area contributed by atoms with Gasteiger partial charge in [0, 0.05) is 36.1 Å². The van der Waals surface area contributed by atoms with Crippen LogP contribution in [0, 0.1) is 29.4 Å². The number of benzene rings is 2. The molecule has 2 aromatic carbocycles. The van der Waals surface area contributed by atoms with Gasteiger partial charge in [0.25, 0.3) is 0 Å². The zero-order valence-electron chi connectivity index (χ0n) is 18.2. The van der Waals surface area contributed by atoms with Gasteiger partial charge in [-0.25, -0.2) is 21.9 Å². The van der Waals surface area contributed by atoms with Crippen LogP contribution in [0.2, 0.25) is 0 Å². The quantitative estimate of drug-likeness (QED) is 0.507. The number of nitrogens with zero attached hydrogens (tertiary/aromatic N) is 1. The second kappa shape index (κ2) is 10.1. The third-order valence-electron chi connectivity index (χ3n) is 5.38. The molecule has 0 saturated carbocycles. The lowest BCUT2D eigenvalue weighted by Gasteiger charge is -2.26. The summed E-state index contributed by atoms with van der Waals surface area (Å²) in [5.74, 6) is 2.36. The van der Waals surface area contributed by atoms with E-state index in [2.05, 4.69) is 16.6 Å². The van der Waals surface area contributed by atoms with Gasteiger partial charge in [-0.2, -0.15) is 0 Å². The first-order chi connectivity index (χ1) is 16.7. The normalized spacial score (nSPS) is 17.4. The van der Waals surface area contributed by atoms with E-state index in [9.17, 15) is 27.1 Å². The van der Waals surface area contributed by atoms with Crippen LogP contribution in [-0.2, 0) is 21.4 Å². The Balaban J connectivity index is 1.53. The lowest BCUT2D eigenvalue weighted by atomic mass is 9.88. The summed E-state index contributed by atoms with van der Waals surface area (Å²) in [6, 6.07) is 12.0. The Morgan fingerprint density at radius 1 is 1.03 bits per heavy atom. The molecule has 0 radical (unpaired) electrons.